The third-order valence-electron chi connectivity index (χ3n) is 10.4. The highest BCUT2D eigenvalue weighted by molar-refractivity contribution is 7.26. The summed E-state index contributed by atoms with van der Waals surface area (Å²) in [6.45, 7) is 0. The second-order valence-electron chi connectivity index (χ2n) is 13.3. The Hall–Kier alpha value is -6.62. The van der Waals surface area contributed by atoms with Crippen LogP contribution in [0.2, 0.25) is 0 Å². The number of thiophene rings is 1. The van der Waals surface area contributed by atoms with E-state index in [2.05, 4.69) is 191 Å². The molecule has 0 amide bonds. The molecule has 244 valence electrons. The van der Waals surface area contributed by atoms with E-state index in [1.165, 1.54) is 36.7 Å². The number of hydrogen-bond donors (Lipinski definition) is 0. The first kappa shape index (κ1) is 29.1. The SMILES string of the molecule is c1ccc(-c2ccc(N(c3cccc4c3sc3ccccc34)c3cccc4oc5c(ccc6c5c5ccccc5n6-c5ccccc5)c34)cc2)cc1. The van der Waals surface area contributed by atoms with Crippen LogP contribution in [0.25, 0.3) is 80.7 Å². The van der Waals surface area contributed by atoms with Crippen LogP contribution in [0, 0.1) is 0 Å². The zero-order valence-corrected chi connectivity index (χ0v) is 28.8. The van der Waals surface area contributed by atoms with Crippen molar-refractivity contribution in [1.29, 1.82) is 0 Å². The van der Waals surface area contributed by atoms with Crippen LogP contribution < -0.4 is 4.90 Å². The number of hydrogen-bond acceptors (Lipinski definition) is 3. The van der Waals surface area contributed by atoms with Crippen molar-refractivity contribution in [2.24, 2.45) is 0 Å². The topological polar surface area (TPSA) is 21.3 Å². The summed E-state index contributed by atoms with van der Waals surface area (Å²) >= 11 is 1.85. The minimum atomic E-state index is 0.867. The van der Waals surface area contributed by atoms with E-state index in [0.29, 0.717) is 0 Å². The third kappa shape index (κ3) is 4.31. The largest absolute Gasteiger partial charge is 0.455 e. The molecule has 0 aliphatic heterocycles. The van der Waals surface area contributed by atoms with Crippen molar-refractivity contribution in [3.8, 4) is 16.8 Å². The van der Waals surface area contributed by atoms with Crippen molar-refractivity contribution >= 4 is 92.3 Å². The number of rotatable bonds is 5. The van der Waals surface area contributed by atoms with Crippen LogP contribution >= 0.6 is 11.3 Å². The molecule has 3 aromatic heterocycles. The van der Waals surface area contributed by atoms with Crippen molar-refractivity contribution in [2.75, 3.05) is 4.90 Å². The van der Waals surface area contributed by atoms with Crippen molar-refractivity contribution < 1.29 is 4.42 Å². The zero-order valence-electron chi connectivity index (χ0n) is 28.0. The van der Waals surface area contributed by atoms with Crippen molar-refractivity contribution in [3.63, 3.8) is 0 Å². The van der Waals surface area contributed by atoms with Gasteiger partial charge in [-0.25, -0.2) is 0 Å². The summed E-state index contributed by atoms with van der Waals surface area (Å²) in [4.78, 5) is 2.43. The molecule has 0 atom stereocenters. The van der Waals surface area contributed by atoms with E-state index in [4.69, 9.17) is 4.42 Å². The van der Waals surface area contributed by atoms with E-state index in [0.717, 1.165) is 61.1 Å². The van der Waals surface area contributed by atoms with Gasteiger partial charge in [0.25, 0.3) is 0 Å². The maximum atomic E-state index is 6.96. The van der Waals surface area contributed by atoms with Gasteiger partial charge in [0.1, 0.15) is 11.2 Å². The summed E-state index contributed by atoms with van der Waals surface area (Å²) in [6, 6.07) is 65.2. The lowest BCUT2D eigenvalue weighted by atomic mass is 10.0. The summed E-state index contributed by atoms with van der Waals surface area (Å²) in [7, 11) is 0. The minimum absolute atomic E-state index is 0.867. The fourth-order valence-electron chi connectivity index (χ4n) is 8.11. The maximum Gasteiger partial charge on any atom is 0.145 e. The Kier molecular flexibility index (Phi) is 6.42. The van der Waals surface area contributed by atoms with Crippen LogP contribution in [0.15, 0.2) is 186 Å². The van der Waals surface area contributed by atoms with E-state index in [9.17, 15) is 0 Å². The first-order valence-electron chi connectivity index (χ1n) is 17.6. The molecule has 11 aromatic rings. The highest BCUT2D eigenvalue weighted by atomic mass is 32.1. The molecule has 0 saturated carbocycles. The fraction of sp³-hybridized carbons (Fsp3) is 0. The first-order valence-corrected chi connectivity index (χ1v) is 18.4. The Morgan fingerprint density at radius 1 is 0.442 bits per heavy atom. The predicted octanol–water partition coefficient (Wildman–Crippen LogP) is 14.2. The molecule has 4 heteroatoms. The molecular weight excluding hydrogens is 653 g/mol. The summed E-state index contributed by atoms with van der Waals surface area (Å²) in [6.07, 6.45) is 0. The van der Waals surface area contributed by atoms with Crippen molar-refractivity contribution in [2.45, 2.75) is 0 Å². The van der Waals surface area contributed by atoms with Gasteiger partial charge >= 0.3 is 0 Å². The molecular formula is C48H30N2OS. The standard InChI is InChI=1S/C48H30N2OS/c1-3-13-31(14-4-1)32-25-27-34(28-26-32)50(42-22-11-19-36-35-17-8-10-24-44(35)52-48(36)42)40-21-12-23-43-45(40)38-29-30-41-46(47(38)51-43)37-18-7-9-20-39(37)49(41)33-15-5-2-6-16-33/h1-30H. The lowest BCUT2D eigenvalue weighted by Gasteiger charge is -2.27. The average molecular weight is 683 g/mol. The van der Waals surface area contributed by atoms with Gasteiger partial charge in [0, 0.05) is 37.6 Å². The second-order valence-corrected chi connectivity index (χ2v) is 14.3. The quantitative estimate of drug-likeness (QED) is 0.180. The Bertz CT molecular complexity index is 3120. The van der Waals surface area contributed by atoms with Crippen LogP contribution in [-0.2, 0) is 0 Å². The number of furan rings is 1. The molecule has 0 aliphatic carbocycles. The molecule has 52 heavy (non-hydrogen) atoms. The van der Waals surface area contributed by atoms with Gasteiger partial charge in [-0.05, 0) is 77.9 Å². The molecule has 0 bridgehead atoms. The molecule has 11 rings (SSSR count). The Labute approximate surface area is 303 Å². The summed E-state index contributed by atoms with van der Waals surface area (Å²) in [5.74, 6) is 0. The molecule has 0 radical (unpaired) electrons. The van der Waals surface area contributed by atoms with Gasteiger partial charge in [0.15, 0.2) is 0 Å². The zero-order chi connectivity index (χ0) is 34.2. The van der Waals surface area contributed by atoms with E-state index in [-0.39, 0.29) is 0 Å². The number of para-hydroxylation sites is 2. The monoisotopic (exact) mass is 682 g/mol. The lowest BCUT2D eigenvalue weighted by molar-refractivity contribution is 0.673. The highest BCUT2D eigenvalue weighted by Gasteiger charge is 2.24. The lowest BCUT2D eigenvalue weighted by Crippen LogP contribution is -2.10. The van der Waals surface area contributed by atoms with Crippen LogP contribution in [0.5, 0.6) is 0 Å². The van der Waals surface area contributed by atoms with Crippen LogP contribution in [0.3, 0.4) is 0 Å². The first-order chi connectivity index (χ1) is 25.8. The fourth-order valence-corrected chi connectivity index (χ4v) is 9.31. The third-order valence-corrected chi connectivity index (χ3v) is 11.6. The number of aromatic nitrogens is 1. The van der Waals surface area contributed by atoms with Gasteiger partial charge in [0.05, 0.1) is 37.9 Å². The molecule has 0 unspecified atom stereocenters. The van der Waals surface area contributed by atoms with Gasteiger partial charge in [0.2, 0.25) is 0 Å². The van der Waals surface area contributed by atoms with Gasteiger partial charge in [-0.2, -0.15) is 0 Å². The predicted molar refractivity (Wildman–Crippen MR) is 221 cm³/mol. The molecule has 0 saturated heterocycles. The van der Waals surface area contributed by atoms with E-state index in [1.54, 1.807) is 0 Å². The number of anilines is 3. The number of benzene rings is 8. The molecule has 0 aliphatic rings. The highest BCUT2D eigenvalue weighted by Crippen LogP contribution is 2.49. The van der Waals surface area contributed by atoms with Crippen molar-refractivity contribution in [3.05, 3.63) is 182 Å². The van der Waals surface area contributed by atoms with E-state index >= 15 is 0 Å². The summed E-state index contributed by atoms with van der Waals surface area (Å²) in [5.41, 5.74) is 10.9. The van der Waals surface area contributed by atoms with Crippen LogP contribution in [-0.4, -0.2) is 4.57 Å². The molecule has 3 heterocycles. The number of nitrogens with zero attached hydrogens (tertiary/aromatic N) is 2. The van der Waals surface area contributed by atoms with Gasteiger partial charge in [-0.3, -0.25) is 0 Å². The molecule has 0 fully saturated rings. The normalized spacial score (nSPS) is 11.8. The van der Waals surface area contributed by atoms with E-state index < -0.39 is 0 Å². The maximum absolute atomic E-state index is 6.96. The van der Waals surface area contributed by atoms with E-state index in [1.807, 2.05) is 11.3 Å². The Balaban J connectivity index is 1.20. The number of fused-ring (bicyclic) bond motifs is 10. The second kappa shape index (κ2) is 11.5. The van der Waals surface area contributed by atoms with Gasteiger partial charge < -0.3 is 13.9 Å². The van der Waals surface area contributed by atoms with Gasteiger partial charge in [-0.1, -0.05) is 115 Å². The Morgan fingerprint density at radius 2 is 1.12 bits per heavy atom. The molecule has 0 spiro atoms. The molecule has 8 aromatic carbocycles. The summed E-state index contributed by atoms with van der Waals surface area (Å²) in [5, 5.41) is 7.06. The average Bonchev–Trinajstić information content (AvgIpc) is 3.89. The smallest absolute Gasteiger partial charge is 0.145 e. The Morgan fingerprint density at radius 3 is 1.96 bits per heavy atom. The minimum Gasteiger partial charge on any atom is -0.455 e. The molecule has 3 nitrogen and oxygen atoms in total. The van der Waals surface area contributed by atoms with Crippen molar-refractivity contribution in [1.82, 2.24) is 4.57 Å². The molecule has 0 N–H and O–H groups in total. The summed E-state index contributed by atoms with van der Waals surface area (Å²) < 4.78 is 11.9. The van der Waals surface area contributed by atoms with Gasteiger partial charge in [-0.15, -0.1) is 11.3 Å². The van der Waals surface area contributed by atoms with Crippen LogP contribution in [0.4, 0.5) is 17.1 Å². The van der Waals surface area contributed by atoms with Crippen LogP contribution in [0.1, 0.15) is 0 Å².